The number of fused-ring (bicyclic) bond motifs is 1. The van der Waals surface area contributed by atoms with E-state index in [0.717, 1.165) is 0 Å². The maximum absolute atomic E-state index is 13.4. The maximum Gasteiger partial charge on any atom is 0.408 e. The van der Waals surface area contributed by atoms with Crippen molar-refractivity contribution in [3.8, 4) is 0 Å². The molecule has 1 saturated heterocycles. The third-order valence-corrected chi connectivity index (χ3v) is 7.14. The first-order valence-corrected chi connectivity index (χ1v) is 13.0. The van der Waals surface area contributed by atoms with E-state index in [1.807, 2.05) is 13.8 Å². The molecule has 11 heteroatoms. The van der Waals surface area contributed by atoms with Gasteiger partial charge >= 0.3 is 12.1 Å². The molecular weight excluding hydrogens is 498 g/mol. The van der Waals surface area contributed by atoms with Crippen molar-refractivity contribution in [3.63, 3.8) is 0 Å². The molecule has 1 unspecified atom stereocenters. The fourth-order valence-electron chi connectivity index (χ4n) is 3.91. The SMILES string of the molecule is CO[C@H]1S[C@H]2[C@@H](NC(=O)C(NC(=O)OCC(C)C)c3ccccc3)C(=O)N2C(C(=O)OC(C)(C)C)=C1C. The van der Waals surface area contributed by atoms with Crippen LogP contribution in [0.2, 0.25) is 0 Å². The lowest BCUT2D eigenvalue weighted by Gasteiger charge is -2.51. The third-order valence-electron chi connectivity index (χ3n) is 5.58. The third kappa shape index (κ3) is 6.64. The number of alkyl carbamates (subject to hydrolysis) is 1. The Morgan fingerprint density at radius 2 is 1.78 bits per heavy atom. The second-order valence-electron chi connectivity index (χ2n) is 10.3. The number of carbonyl (C=O) groups is 4. The lowest BCUT2D eigenvalue weighted by atomic mass is 10.0. The largest absolute Gasteiger partial charge is 0.455 e. The number of thioether (sulfide) groups is 1. The summed E-state index contributed by atoms with van der Waals surface area (Å²) in [6, 6.07) is 6.66. The highest BCUT2D eigenvalue weighted by atomic mass is 32.2. The number of hydrogen-bond acceptors (Lipinski definition) is 8. The number of rotatable bonds is 8. The van der Waals surface area contributed by atoms with Gasteiger partial charge in [0.25, 0.3) is 5.91 Å². The minimum absolute atomic E-state index is 0.121. The summed E-state index contributed by atoms with van der Waals surface area (Å²) in [7, 11) is 1.51. The summed E-state index contributed by atoms with van der Waals surface area (Å²) in [5.74, 6) is -1.53. The van der Waals surface area contributed by atoms with E-state index in [1.54, 1.807) is 58.0 Å². The summed E-state index contributed by atoms with van der Waals surface area (Å²) in [5, 5.41) is 4.76. The Kier molecular flexibility index (Phi) is 8.91. The monoisotopic (exact) mass is 533 g/mol. The van der Waals surface area contributed by atoms with Crippen LogP contribution in [0.3, 0.4) is 0 Å². The normalized spacial score (nSPS) is 22.1. The second-order valence-corrected chi connectivity index (χ2v) is 11.5. The molecule has 2 N–H and O–H groups in total. The number of esters is 1. The number of ether oxygens (including phenoxy) is 3. The van der Waals surface area contributed by atoms with Crippen LogP contribution in [0.25, 0.3) is 0 Å². The Balaban J connectivity index is 1.80. The molecule has 0 radical (unpaired) electrons. The zero-order valence-electron chi connectivity index (χ0n) is 22.2. The minimum Gasteiger partial charge on any atom is -0.455 e. The van der Waals surface area contributed by atoms with Gasteiger partial charge in [-0.25, -0.2) is 9.59 Å². The quantitative estimate of drug-likeness (QED) is 0.386. The van der Waals surface area contributed by atoms with Gasteiger partial charge in [-0.15, -0.1) is 0 Å². The molecule has 3 rings (SSSR count). The Labute approximate surface area is 221 Å². The number of nitrogens with zero attached hydrogens (tertiary/aromatic N) is 1. The molecule has 4 atom stereocenters. The van der Waals surface area contributed by atoms with E-state index in [1.165, 1.54) is 23.8 Å². The summed E-state index contributed by atoms with van der Waals surface area (Å²) in [5.41, 5.74) is -0.0524. The molecule has 1 fully saturated rings. The van der Waals surface area contributed by atoms with E-state index in [4.69, 9.17) is 14.2 Å². The number of methoxy groups -OCH3 is 1. The predicted molar refractivity (Wildman–Crippen MR) is 138 cm³/mol. The average molecular weight is 534 g/mol. The average Bonchev–Trinajstić information content (AvgIpc) is 2.83. The Morgan fingerprint density at radius 1 is 1.14 bits per heavy atom. The van der Waals surface area contributed by atoms with Crippen molar-refractivity contribution < 1.29 is 33.4 Å². The van der Waals surface area contributed by atoms with E-state index in [2.05, 4.69) is 10.6 Å². The van der Waals surface area contributed by atoms with Gasteiger partial charge in [0.2, 0.25) is 5.91 Å². The molecular formula is C26H35N3O7S. The molecule has 0 spiro atoms. The highest BCUT2D eigenvalue weighted by Crippen LogP contribution is 2.45. The molecule has 0 saturated carbocycles. The summed E-state index contributed by atoms with van der Waals surface area (Å²) in [4.78, 5) is 53.3. The van der Waals surface area contributed by atoms with Gasteiger partial charge in [0, 0.05) is 7.11 Å². The summed E-state index contributed by atoms with van der Waals surface area (Å²) >= 11 is 1.31. The predicted octanol–water partition coefficient (Wildman–Crippen LogP) is 3.10. The van der Waals surface area contributed by atoms with E-state index in [9.17, 15) is 19.2 Å². The topological polar surface area (TPSA) is 123 Å². The Bertz CT molecular complexity index is 1070. The number of β-lactam (4-membered cyclic amide) rings is 1. The summed E-state index contributed by atoms with van der Waals surface area (Å²) < 4.78 is 16.3. The van der Waals surface area contributed by atoms with Crippen molar-refractivity contribution >= 4 is 35.6 Å². The van der Waals surface area contributed by atoms with Crippen molar-refractivity contribution in [3.05, 3.63) is 47.2 Å². The molecule has 10 nitrogen and oxygen atoms in total. The van der Waals surface area contributed by atoms with Crippen molar-refractivity contribution in [1.29, 1.82) is 0 Å². The van der Waals surface area contributed by atoms with Gasteiger partial charge in [-0.05, 0) is 44.7 Å². The lowest BCUT2D eigenvalue weighted by Crippen LogP contribution is -2.71. The maximum atomic E-state index is 13.4. The molecule has 3 amide bonds. The van der Waals surface area contributed by atoms with Gasteiger partial charge in [0.15, 0.2) is 0 Å². The van der Waals surface area contributed by atoms with Crippen LogP contribution in [0.1, 0.15) is 53.1 Å². The number of benzene rings is 1. The summed E-state index contributed by atoms with van der Waals surface area (Å²) in [6.07, 6.45) is -0.739. The molecule has 37 heavy (non-hydrogen) atoms. The highest BCUT2D eigenvalue weighted by Gasteiger charge is 2.56. The first kappa shape index (κ1) is 28.5. The minimum atomic E-state index is -1.09. The molecule has 1 aromatic carbocycles. The van der Waals surface area contributed by atoms with Crippen molar-refractivity contribution in [2.24, 2.45) is 5.92 Å². The summed E-state index contributed by atoms with van der Waals surface area (Å²) in [6.45, 7) is 10.9. The van der Waals surface area contributed by atoms with E-state index in [0.29, 0.717) is 11.1 Å². The first-order valence-electron chi connectivity index (χ1n) is 12.1. The van der Waals surface area contributed by atoms with Gasteiger partial charge < -0.3 is 24.8 Å². The van der Waals surface area contributed by atoms with E-state index < -0.39 is 52.4 Å². The smallest absolute Gasteiger partial charge is 0.408 e. The van der Waals surface area contributed by atoms with Gasteiger partial charge in [-0.2, -0.15) is 0 Å². The van der Waals surface area contributed by atoms with Crippen LogP contribution in [0.4, 0.5) is 4.79 Å². The van der Waals surface area contributed by atoms with E-state index >= 15 is 0 Å². The van der Waals surface area contributed by atoms with Crippen molar-refractivity contribution in [1.82, 2.24) is 15.5 Å². The Hall–Kier alpha value is -3.05. The van der Waals surface area contributed by atoms with Crippen LogP contribution in [-0.4, -0.2) is 64.9 Å². The number of carbonyl (C=O) groups excluding carboxylic acids is 4. The molecule has 0 aliphatic carbocycles. The van der Waals surface area contributed by atoms with Gasteiger partial charge in [0.1, 0.15) is 34.2 Å². The lowest BCUT2D eigenvalue weighted by molar-refractivity contribution is -0.159. The molecule has 0 bridgehead atoms. The van der Waals surface area contributed by atoms with Crippen LogP contribution < -0.4 is 10.6 Å². The van der Waals surface area contributed by atoms with Gasteiger partial charge in [-0.1, -0.05) is 55.9 Å². The van der Waals surface area contributed by atoms with Crippen LogP contribution >= 0.6 is 11.8 Å². The van der Waals surface area contributed by atoms with Crippen molar-refractivity contribution in [2.75, 3.05) is 13.7 Å². The zero-order chi connectivity index (χ0) is 27.5. The van der Waals surface area contributed by atoms with Gasteiger partial charge in [-0.3, -0.25) is 14.5 Å². The molecule has 2 heterocycles. The number of nitrogens with one attached hydrogen (secondary N) is 2. The van der Waals surface area contributed by atoms with E-state index in [-0.39, 0.29) is 18.2 Å². The fourth-order valence-corrected chi connectivity index (χ4v) is 5.26. The van der Waals surface area contributed by atoms with Crippen LogP contribution in [-0.2, 0) is 28.6 Å². The molecule has 202 valence electrons. The standard InChI is InChI=1S/C26H35N3O7S/c1-14(2)13-35-25(33)28-17(16-11-9-8-10-12-16)20(30)27-18-21(31)29-19(23(32)36-26(4,5)6)15(3)24(34-7)37-22(18)29/h8-12,14,17-18,22,24H,13H2,1-7H3,(H,27,30)(H,28,33)/t17?,18-,22-,24-/m0/s1. The first-order chi connectivity index (χ1) is 17.3. The van der Waals surface area contributed by atoms with Gasteiger partial charge in [0.05, 0.1) is 6.61 Å². The zero-order valence-corrected chi connectivity index (χ0v) is 23.0. The van der Waals surface area contributed by atoms with Crippen LogP contribution in [0, 0.1) is 5.92 Å². The number of hydrogen-bond donors (Lipinski definition) is 2. The Morgan fingerprint density at radius 3 is 2.35 bits per heavy atom. The molecule has 2 aliphatic heterocycles. The van der Waals surface area contributed by atoms with Crippen LogP contribution in [0.5, 0.6) is 0 Å². The molecule has 1 aromatic rings. The highest BCUT2D eigenvalue weighted by molar-refractivity contribution is 8.00. The second kappa shape index (κ2) is 11.6. The fraction of sp³-hybridized carbons (Fsp3) is 0.538. The van der Waals surface area contributed by atoms with Crippen LogP contribution in [0.15, 0.2) is 41.6 Å². The van der Waals surface area contributed by atoms with Crippen molar-refractivity contribution in [2.45, 2.75) is 70.0 Å². The molecule has 2 aliphatic rings. The molecule has 0 aromatic heterocycles. The number of amides is 3.